The molecule has 254 valence electrons. The zero-order valence-corrected chi connectivity index (χ0v) is 29.5. The Bertz CT molecular complexity index is 2810. The van der Waals surface area contributed by atoms with Crippen molar-refractivity contribution in [2.45, 2.75) is 27.2 Å². The first-order valence-corrected chi connectivity index (χ1v) is 17.8. The summed E-state index contributed by atoms with van der Waals surface area (Å²) in [5, 5.41) is 2.38. The molecule has 5 aromatic carbocycles. The molecular formula is C46H33N5O2. The van der Waals surface area contributed by atoms with Gasteiger partial charge in [-0.1, -0.05) is 55.5 Å². The van der Waals surface area contributed by atoms with Gasteiger partial charge in [0.2, 0.25) is 23.2 Å². The summed E-state index contributed by atoms with van der Waals surface area (Å²) >= 11 is 0. The third-order valence-electron chi connectivity index (χ3n) is 10.1. The smallest absolute Gasteiger partial charge is 0.247 e. The van der Waals surface area contributed by atoms with Crippen LogP contribution in [0.25, 0.3) is 95.1 Å². The molecule has 0 fully saturated rings. The van der Waals surface area contributed by atoms with Crippen molar-refractivity contribution in [1.82, 2.24) is 24.5 Å². The molecule has 53 heavy (non-hydrogen) atoms. The summed E-state index contributed by atoms with van der Waals surface area (Å²) in [6.07, 6.45) is 4.60. The predicted octanol–water partition coefficient (Wildman–Crippen LogP) is 11.7. The molecule has 0 radical (unpaired) electrons. The molecule has 0 amide bonds. The van der Waals surface area contributed by atoms with Gasteiger partial charge in [-0.25, -0.2) is 19.9 Å². The fourth-order valence-corrected chi connectivity index (χ4v) is 7.25. The van der Waals surface area contributed by atoms with E-state index in [2.05, 4.69) is 141 Å². The van der Waals surface area contributed by atoms with Crippen molar-refractivity contribution in [3.05, 3.63) is 150 Å². The van der Waals surface area contributed by atoms with Gasteiger partial charge in [0.05, 0.1) is 11.0 Å². The maximum Gasteiger partial charge on any atom is 0.247 e. The summed E-state index contributed by atoms with van der Waals surface area (Å²) in [5.41, 5.74) is 15.8. The zero-order valence-electron chi connectivity index (χ0n) is 29.5. The Labute approximate surface area is 305 Å². The second kappa shape index (κ2) is 12.1. The molecule has 7 heteroatoms. The van der Waals surface area contributed by atoms with E-state index in [1.807, 2.05) is 26.0 Å². The van der Waals surface area contributed by atoms with Crippen LogP contribution in [-0.4, -0.2) is 24.5 Å². The minimum absolute atomic E-state index is 0.548. The van der Waals surface area contributed by atoms with Gasteiger partial charge in [0.1, 0.15) is 11.0 Å². The molecule has 10 rings (SSSR count). The molecule has 0 unspecified atom stereocenters. The molecule has 5 aromatic heterocycles. The average Bonchev–Trinajstić information content (AvgIpc) is 3.91. The molecule has 5 heterocycles. The summed E-state index contributed by atoms with van der Waals surface area (Å²) in [4.78, 5) is 18.2. The van der Waals surface area contributed by atoms with E-state index in [-0.39, 0.29) is 0 Å². The molecule has 0 atom stereocenters. The van der Waals surface area contributed by atoms with Crippen LogP contribution in [0.4, 0.5) is 0 Å². The van der Waals surface area contributed by atoms with Crippen molar-refractivity contribution in [1.29, 1.82) is 0 Å². The Morgan fingerprint density at radius 3 is 1.38 bits per heavy atom. The van der Waals surface area contributed by atoms with E-state index in [0.717, 1.165) is 78.7 Å². The Morgan fingerprint density at radius 1 is 0.491 bits per heavy atom. The molecule has 0 bridgehead atoms. The van der Waals surface area contributed by atoms with Crippen LogP contribution in [0, 0.1) is 13.8 Å². The standard InChI is InChI=1S/C46H33N5O2/c1-4-29-5-17-36(18-6-29)51-41-19-15-34(30-7-11-32(12-8-30)43-49-39-21-27(2)25-47-45(39)52-43)23-37(41)38-24-35(16-20-42(38)51)31-9-13-33(14-10-31)44-50-40-22-28(3)26-48-46(40)53-44/h5-26H,4H2,1-3H3. The van der Waals surface area contributed by atoms with Gasteiger partial charge in [0.25, 0.3) is 0 Å². The lowest BCUT2D eigenvalue weighted by molar-refractivity contribution is 0.607. The van der Waals surface area contributed by atoms with Crippen molar-refractivity contribution in [2.75, 3.05) is 0 Å². The summed E-state index contributed by atoms with van der Waals surface area (Å²) in [6.45, 7) is 6.20. The molecule has 0 saturated heterocycles. The number of rotatable bonds is 6. The summed E-state index contributed by atoms with van der Waals surface area (Å²) in [5.74, 6) is 1.14. The van der Waals surface area contributed by atoms with Crippen molar-refractivity contribution >= 4 is 44.3 Å². The fraction of sp³-hybridized carbons (Fsp3) is 0.0870. The predicted molar refractivity (Wildman–Crippen MR) is 212 cm³/mol. The number of benzene rings is 5. The number of oxazole rings is 2. The zero-order chi connectivity index (χ0) is 35.6. The highest BCUT2D eigenvalue weighted by atomic mass is 16.4. The Morgan fingerprint density at radius 2 is 0.925 bits per heavy atom. The lowest BCUT2D eigenvalue weighted by atomic mass is 9.99. The SMILES string of the molecule is CCc1ccc(-n2c3ccc(-c4ccc(-c5nc6cc(C)cnc6o5)cc4)cc3c3cc(-c4ccc(-c5nc6cc(C)cnc6o5)cc4)ccc32)cc1. The number of fused-ring (bicyclic) bond motifs is 5. The van der Waals surface area contributed by atoms with E-state index in [9.17, 15) is 0 Å². The fourth-order valence-electron chi connectivity index (χ4n) is 7.25. The van der Waals surface area contributed by atoms with E-state index in [0.29, 0.717) is 23.2 Å². The molecule has 0 N–H and O–H groups in total. The van der Waals surface area contributed by atoms with Crippen LogP contribution < -0.4 is 0 Å². The first kappa shape index (κ1) is 30.9. The van der Waals surface area contributed by atoms with Gasteiger partial charge < -0.3 is 13.4 Å². The van der Waals surface area contributed by atoms with Gasteiger partial charge in [0, 0.05) is 40.0 Å². The minimum Gasteiger partial charge on any atom is -0.418 e. The van der Waals surface area contributed by atoms with Crippen molar-refractivity contribution < 1.29 is 8.83 Å². The van der Waals surface area contributed by atoms with Crippen LogP contribution in [-0.2, 0) is 6.42 Å². The Hall–Kier alpha value is -6.86. The third kappa shape index (κ3) is 5.36. The van der Waals surface area contributed by atoms with Gasteiger partial charge >= 0.3 is 0 Å². The van der Waals surface area contributed by atoms with Gasteiger partial charge in [0.15, 0.2) is 0 Å². The molecule has 7 nitrogen and oxygen atoms in total. The third-order valence-corrected chi connectivity index (χ3v) is 10.1. The van der Waals surface area contributed by atoms with Crippen molar-refractivity contribution in [3.63, 3.8) is 0 Å². The number of hydrogen-bond donors (Lipinski definition) is 0. The molecule has 0 spiro atoms. The van der Waals surface area contributed by atoms with Crippen molar-refractivity contribution in [2.24, 2.45) is 0 Å². The van der Waals surface area contributed by atoms with Gasteiger partial charge in [-0.05, 0) is 132 Å². The van der Waals surface area contributed by atoms with E-state index in [1.165, 1.54) is 16.3 Å². The number of nitrogens with zero attached hydrogens (tertiary/aromatic N) is 5. The van der Waals surface area contributed by atoms with E-state index in [1.54, 1.807) is 12.4 Å². The molecule has 10 aromatic rings. The second-order valence-electron chi connectivity index (χ2n) is 13.7. The normalized spacial score (nSPS) is 11.8. The first-order chi connectivity index (χ1) is 26.0. The highest BCUT2D eigenvalue weighted by Gasteiger charge is 2.16. The lowest BCUT2D eigenvalue weighted by Crippen LogP contribution is -1.94. The molecule has 0 saturated carbocycles. The van der Waals surface area contributed by atoms with Gasteiger partial charge in [-0.2, -0.15) is 0 Å². The summed E-state index contributed by atoms with van der Waals surface area (Å²) in [7, 11) is 0. The van der Waals surface area contributed by atoms with Crippen molar-refractivity contribution in [3.8, 4) is 50.8 Å². The first-order valence-electron chi connectivity index (χ1n) is 17.8. The van der Waals surface area contributed by atoms with Crippen LogP contribution in [0.5, 0.6) is 0 Å². The number of hydrogen-bond acceptors (Lipinski definition) is 6. The Kier molecular flexibility index (Phi) is 7.08. The van der Waals surface area contributed by atoms with E-state index in [4.69, 9.17) is 8.83 Å². The largest absolute Gasteiger partial charge is 0.418 e. The van der Waals surface area contributed by atoms with Crippen LogP contribution in [0.3, 0.4) is 0 Å². The monoisotopic (exact) mass is 687 g/mol. The topological polar surface area (TPSA) is 82.8 Å². The van der Waals surface area contributed by atoms with Crippen LogP contribution in [0.2, 0.25) is 0 Å². The lowest BCUT2D eigenvalue weighted by Gasteiger charge is -2.10. The minimum atomic E-state index is 0.548. The number of pyridine rings is 2. The molecular weight excluding hydrogens is 655 g/mol. The molecule has 0 aliphatic rings. The number of aromatic nitrogens is 5. The highest BCUT2D eigenvalue weighted by molar-refractivity contribution is 6.11. The molecule has 0 aliphatic heterocycles. The van der Waals surface area contributed by atoms with Crippen LogP contribution in [0.1, 0.15) is 23.6 Å². The van der Waals surface area contributed by atoms with E-state index >= 15 is 0 Å². The maximum atomic E-state index is 5.98. The van der Waals surface area contributed by atoms with Gasteiger partial charge in [-0.15, -0.1) is 0 Å². The quantitative estimate of drug-likeness (QED) is 0.173. The van der Waals surface area contributed by atoms with Crippen LogP contribution in [0.15, 0.2) is 143 Å². The van der Waals surface area contributed by atoms with Crippen LogP contribution >= 0.6 is 0 Å². The van der Waals surface area contributed by atoms with Gasteiger partial charge in [-0.3, -0.25) is 0 Å². The Balaban J connectivity index is 1.05. The second-order valence-corrected chi connectivity index (χ2v) is 13.7. The molecule has 0 aliphatic carbocycles. The summed E-state index contributed by atoms with van der Waals surface area (Å²) in [6, 6.07) is 43.2. The highest BCUT2D eigenvalue weighted by Crippen LogP contribution is 2.38. The summed E-state index contributed by atoms with van der Waals surface area (Å²) < 4.78 is 14.3. The average molecular weight is 688 g/mol. The maximum absolute atomic E-state index is 5.98. The van der Waals surface area contributed by atoms with E-state index < -0.39 is 0 Å². The number of aryl methyl sites for hydroxylation is 3.